The summed E-state index contributed by atoms with van der Waals surface area (Å²) in [5, 5.41) is 18.3. The lowest BCUT2D eigenvalue weighted by Gasteiger charge is -2.42. The number of sulfonamides is 1. The van der Waals surface area contributed by atoms with E-state index in [2.05, 4.69) is 0 Å². The third kappa shape index (κ3) is 2.46. The highest BCUT2D eigenvalue weighted by molar-refractivity contribution is 7.89. The average Bonchev–Trinajstić information content (AvgIpc) is 2.25. The lowest BCUT2D eigenvalue weighted by molar-refractivity contribution is -0.0426. The lowest BCUT2D eigenvalue weighted by Crippen LogP contribution is -2.61. The first-order valence-corrected chi connectivity index (χ1v) is 6.83. The third-order valence-corrected chi connectivity index (χ3v) is 4.63. The van der Waals surface area contributed by atoms with Crippen molar-refractivity contribution < 1.29 is 27.8 Å². The Labute approximate surface area is 109 Å². The number of aliphatic hydroxyl groups is 1. The van der Waals surface area contributed by atoms with Gasteiger partial charge < -0.3 is 10.2 Å². The molecule has 1 saturated heterocycles. The third-order valence-electron chi connectivity index (χ3n) is 2.84. The van der Waals surface area contributed by atoms with Crippen molar-refractivity contribution in [2.45, 2.75) is 17.4 Å². The monoisotopic (exact) mass is 289 g/mol. The highest BCUT2D eigenvalue weighted by Crippen LogP contribution is 2.28. The van der Waals surface area contributed by atoms with Crippen LogP contribution in [0.25, 0.3) is 0 Å². The van der Waals surface area contributed by atoms with Crippen LogP contribution in [0.5, 0.6) is 0 Å². The maximum atomic E-state index is 13.2. The SMILES string of the molecule is CC1(O)CN(S(=O)(=O)c2ccc(F)c(C(=O)O)c2)C1. The zero-order chi connectivity index (χ0) is 14.4. The van der Waals surface area contributed by atoms with Crippen LogP contribution in [0.1, 0.15) is 17.3 Å². The average molecular weight is 289 g/mol. The molecule has 0 aromatic heterocycles. The van der Waals surface area contributed by atoms with Gasteiger partial charge in [0.15, 0.2) is 0 Å². The molecular weight excluding hydrogens is 277 g/mol. The van der Waals surface area contributed by atoms with Gasteiger partial charge >= 0.3 is 5.97 Å². The summed E-state index contributed by atoms with van der Waals surface area (Å²) >= 11 is 0. The molecule has 0 radical (unpaired) electrons. The molecule has 0 bridgehead atoms. The van der Waals surface area contributed by atoms with Crippen LogP contribution in [0.2, 0.25) is 0 Å². The molecule has 104 valence electrons. The second-order valence-corrected chi connectivity index (χ2v) is 6.65. The minimum atomic E-state index is -3.90. The second kappa shape index (κ2) is 4.26. The smallest absolute Gasteiger partial charge is 0.338 e. The summed E-state index contributed by atoms with van der Waals surface area (Å²) in [7, 11) is -3.90. The predicted octanol–water partition coefficient (Wildman–Crippen LogP) is 0.279. The Morgan fingerprint density at radius 2 is 2.00 bits per heavy atom. The molecule has 0 saturated carbocycles. The van der Waals surface area contributed by atoms with Crippen molar-refractivity contribution in [3.8, 4) is 0 Å². The van der Waals surface area contributed by atoms with E-state index in [9.17, 15) is 22.7 Å². The molecular formula is C11H12FNO5S. The van der Waals surface area contributed by atoms with Gasteiger partial charge in [-0.25, -0.2) is 17.6 Å². The zero-order valence-electron chi connectivity index (χ0n) is 10.00. The molecule has 1 aromatic rings. The quantitative estimate of drug-likeness (QED) is 0.833. The van der Waals surface area contributed by atoms with E-state index < -0.39 is 33.0 Å². The summed E-state index contributed by atoms with van der Waals surface area (Å²) in [4.78, 5) is 10.5. The number of hydrogen-bond donors (Lipinski definition) is 2. The van der Waals surface area contributed by atoms with E-state index in [1.54, 1.807) is 0 Å². The number of rotatable bonds is 3. The topological polar surface area (TPSA) is 94.9 Å². The van der Waals surface area contributed by atoms with Gasteiger partial charge in [-0.15, -0.1) is 0 Å². The van der Waals surface area contributed by atoms with Crippen LogP contribution in [-0.2, 0) is 10.0 Å². The Bertz CT molecular complexity index is 632. The molecule has 2 rings (SSSR count). The van der Waals surface area contributed by atoms with Crippen LogP contribution < -0.4 is 0 Å². The maximum absolute atomic E-state index is 13.2. The summed E-state index contributed by atoms with van der Waals surface area (Å²) < 4.78 is 38.4. The zero-order valence-corrected chi connectivity index (χ0v) is 10.8. The molecule has 8 heteroatoms. The summed E-state index contributed by atoms with van der Waals surface area (Å²) in [6, 6.07) is 2.58. The van der Waals surface area contributed by atoms with Crippen molar-refractivity contribution in [2.75, 3.05) is 13.1 Å². The first-order chi connectivity index (χ1) is 8.63. The molecule has 1 fully saturated rings. The van der Waals surface area contributed by atoms with Crippen molar-refractivity contribution in [3.05, 3.63) is 29.6 Å². The summed E-state index contributed by atoms with van der Waals surface area (Å²) in [6.07, 6.45) is 0. The van der Waals surface area contributed by atoms with Gasteiger partial charge in [-0.3, -0.25) is 0 Å². The van der Waals surface area contributed by atoms with Crippen LogP contribution in [0.15, 0.2) is 23.1 Å². The second-order valence-electron chi connectivity index (χ2n) is 4.72. The molecule has 1 aliphatic rings. The van der Waals surface area contributed by atoms with Crippen LogP contribution in [0.3, 0.4) is 0 Å². The maximum Gasteiger partial charge on any atom is 0.338 e. The van der Waals surface area contributed by atoms with Crippen molar-refractivity contribution in [2.24, 2.45) is 0 Å². The number of aromatic carboxylic acids is 1. The number of nitrogens with zero attached hydrogens (tertiary/aromatic N) is 1. The van der Waals surface area contributed by atoms with Gasteiger partial charge in [0.25, 0.3) is 0 Å². The van der Waals surface area contributed by atoms with Crippen molar-refractivity contribution in [1.29, 1.82) is 0 Å². The summed E-state index contributed by atoms with van der Waals surface area (Å²) in [6.45, 7) is 1.34. The molecule has 0 amide bonds. The Hall–Kier alpha value is -1.51. The number of benzene rings is 1. The van der Waals surface area contributed by atoms with Crippen molar-refractivity contribution >= 4 is 16.0 Å². The molecule has 2 N–H and O–H groups in total. The Morgan fingerprint density at radius 3 is 2.47 bits per heavy atom. The van der Waals surface area contributed by atoms with Gasteiger partial charge in [-0.1, -0.05) is 0 Å². The van der Waals surface area contributed by atoms with E-state index in [0.717, 1.165) is 22.5 Å². The fourth-order valence-electron chi connectivity index (χ4n) is 1.86. The highest BCUT2D eigenvalue weighted by Gasteiger charge is 2.44. The van der Waals surface area contributed by atoms with Crippen molar-refractivity contribution in [1.82, 2.24) is 4.31 Å². The van der Waals surface area contributed by atoms with Gasteiger partial charge in [0.1, 0.15) is 5.82 Å². The van der Waals surface area contributed by atoms with Crippen LogP contribution in [-0.4, -0.2) is 47.6 Å². The summed E-state index contributed by atoms with van der Waals surface area (Å²) in [5.41, 5.74) is -1.78. The minimum Gasteiger partial charge on any atom is -0.478 e. The largest absolute Gasteiger partial charge is 0.478 e. The van der Waals surface area contributed by atoms with E-state index in [-0.39, 0.29) is 18.0 Å². The fourth-order valence-corrected chi connectivity index (χ4v) is 3.56. The number of carboxylic acids is 1. The molecule has 0 spiro atoms. The van der Waals surface area contributed by atoms with Crippen LogP contribution in [0.4, 0.5) is 4.39 Å². The van der Waals surface area contributed by atoms with Crippen LogP contribution in [0, 0.1) is 5.82 Å². The molecule has 1 aromatic carbocycles. The van der Waals surface area contributed by atoms with Crippen molar-refractivity contribution in [3.63, 3.8) is 0 Å². The number of halogens is 1. The molecule has 1 heterocycles. The molecule has 0 aliphatic carbocycles. The Morgan fingerprint density at radius 1 is 1.42 bits per heavy atom. The van der Waals surface area contributed by atoms with E-state index in [0.29, 0.717) is 0 Å². The molecule has 1 aliphatic heterocycles. The number of carboxylic acid groups (broad SMARTS) is 1. The number of β-amino-alcohol motifs (C(OH)–C–C–N with tert-alkyl or cyclic N) is 1. The highest BCUT2D eigenvalue weighted by atomic mass is 32.2. The molecule has 19 heavy (non-hydrogen) atoms. The van der Waals surface area contributed by atoms with E-state index in [1.807, 2.05) is 0 Å². The molecule has 6 nitrogen and oxygen atoms in total. The first kappa shape index (κ1) is 13.9. The van der Waals surface area contributed by atoms with E-state index in [4.69, 9.17) is 5.11 Å². The Kier molecular flexibility index (Phi) is 3.12. The molecule has 0 unspecified atom stereocenters. The first-order valence-electron chi connectivity index (χ1n) is 5.39. The van der Waals surface area contributed by atoms with Gasteiger partial charge in [-0.2, -0.15) is 4.31 Å². The molecule has 0 atom stereocenters. The summed E-state index contributed by atoms with van der Waals surface area (Å²) in [5.74, 6) is -2.53. The van der Waals surface area contributed by atoms with Gasteiger partial charge in [0, 0.05) is 13.1 Å². The number of carbonyl (C=O) groups is 1. The number of hydrogen-bond acceptors (Lipinski definition) is 4. The Balaban J connectivity index is 2.37. The lowest BCUT2D eigenvalue weighted by atomic mass is 10.0. The predicted molar refractivity (Wildman–Crippen MR) is 62.7 cm³/mol. The van der Waals surface area contributed by atoms with Gasteiger partial charge in [0.05, 0.1) is 16.1 Å². The fraction of sp³-hybridized carbons (Fsp3) is 0.364. The normalized spacial score (nSPS) is 18.9. The van der Waals surface area contributed by atoms with E-state index >= 15 is 0 Å². The van der Waals surface area contributed by atoms with E-state index in [1.165, 1.54) is 6.92 Å². The van der Waals surface area contributed by atoms with Gasteiger partial charge in [-0.05, 0) is 25.1 Å². The minimum absolute atomic E-state index is 0.0743. The van der Waals surface area contributed by atoms with Crippen LogP contribution >= 0.6 is 0 Å². The standard InChI is InChI=1S/C11H12FNO5S/c1-11(16)5-13(6-11)19(17,18)7-2-3-9(12)8(4-7)10(14)15/h2-4,16H,5-6H2,1H3,(H,14,15). The van der Waals surface area contributed by atoms with Gasteiger partial charge in [0.2, 0.25) is 10.0 Å².